The highest BCUT2D eigenvalue weighted by Crippen LogP contribution is 2.42. The van der Waals surface area contributed by atoms with Crippen LogP contribution in [0.4, 0.5) is 19.0 Å². The summed E-state index contributed by atoms with van der Waals surface area (Å²) < 4.78 is 59.2. The molecular formula is C28H33F3N6O7. The minimum absolute atomic E-state index is 0.0139. The highest BCUT2D eigenvalue weighted by atomic mass is 19.4. The number of ether oxygens (including phenoxy) is 3. The van der Waals surface area contributed by atoms with Crippen molar-refractivity contribution in [2.24, 2.45) is 0 Å². The monoisotopic (exact) mass is 622 g/mol. The number of unbranched alkanes of at least 4 members (excludes halogenated alkanes) is 2. The fourth-order valence-electron chi connectivity index (χ4n) is 4.72. The number of carboxylic acids is 1. The van der Waals surface area contributed by atoms with Crippen LogP contribution in [0.1, 0.15) is 56.1 Å². The second-order valence-electron chi connectivity index (χ2n) is 10.1. The predicted octanol–water partition coefficient (Wildman–Crippen LogP) is 3.48. The molecule has 4 atom stereocenters. The molecule has 238 valence electrons. The zero-order chi connectivity index (χ0) is 31.9. The van der Waals surface area contributed by atoms with E-state index in [2.05, 4.69) is 20.3 Å². The fraction of sp³-hybridized carbons (Fsp3) is 0.500. The summed E-state index contributed by atoms with van der Waals surface area (Å²) in [5.74, 6) is -4.40. The molecule has 0 saturated carbocycles. The normalized spacial score (nSPS) is 21.8. The van der Waals surface area contributed by atoms with Crippen LogP contribution in [0.2, 0.25) is 0 Å². The Morgan fingerprint density at radius 3 is 2.43 bits per heavy atom. The smallest absolute Gasteiger partial charge is 0.471 e. The Labute approximate surface area is 250 Å². The second kappa shape index (κ2) is 14.1. The Morgan fingerprint density at radius 1 is 1.07 bits per heavy atom. The lowest BCUT2D eigenvalue weighted by molar-refractivity contribution is -0.192. The van der Waals surface area contributed by atoms with Gasteiger partial charge in [-0.2, -0.15) is 13.2 Å². The van der Waals surface area contributed by atoms with Crippen LogP contribution in [-0.2, 0) is 23.8 Å². The molecule has 0 aliphatic carbocycles. The van der Waals surface area contributed by atoms with Gasteiger partial charge in [-0.15, -0.1) is 0 Å². The minimum atomic E-state index is -5.29. The number of carbonyl (C=O) groups is 3. The summed E-state index contributed by atoms with van der Waals surface area (Å²) in [6, 6.07) is 6.57. The number of benzene rings is 1. The third-order valence-corrected chi connectivity index (χ3v) is 7.00. The second-order valence-corrected chi connectivity index (χ2v) is 10.1. The average Bonchev–Trinajstić information content (AvgIpc) is 3.56. The number of aromatic nitrogens is 4. The van der Waals surface area contributed by atoms with E-state index in [0.717, 1.165) is 19.1 Å². The van der Waals surface area contributed by atoms with Crippen LogP contribution < -0.4 is 10.6 Å². The van der Waals surface area contributed by atoms with Gasteiger partial charge in [-0.3, -0.25) is 14.2 Å². The average molecular weight is 623 g/mol. The maximum Gasteiger partial charge on any atom is 0.471 e. The maximum atomic E-state index is 13.5. The lowest BCUT2D eigenvalue weighted by Gasteiger charge is -2.31. The number of anilines is 1. The van der Waals surface area contributed by atoms with Gasteiger partial charge in [0.2, 0.25) is 5.60 Å². The Hall–Kier alpha value is -4.15. The molecule has 1 aromatic carbocycles. The van der Waals surface area contributed by atoms with Gasteiger partial charge in [0.15, 0.2) is 23.2 Å². The number of carbonyl (C=O) groups excluding carboxylic acids is 2. The summed E-state index contributed by atoms with van der Waals surface area (Å²) in [7, 11) is 0. The number of nitrogens with one attached hydrogen (secondary N) is 2. The van der Waals surface area contributed by atoms with Gasteiger partial charge in [0.1, 0.15) is 18.5 Å². The van der Waals surface area contributed by atoms with Crippen LogP contribution in [-0.4, -0.2) is 86.2 Å². The maximum absolute atomic E-state index is 13.5. The number of imidazole rings is 1. The van der Waals surface area contributed by atoms with Crippen molar-refractivity contribution >= 4 is 34.8 Å². The van der Waals surface area contributed by atoms with Gasteiger partial charge in [0.05, 0.1) is 12.9 Å². The molecule has 3 N–H and O–H groups in total. The lowest BCUT2D eigenvalue weighted by Crippen LogP contribution is -2.58. The number of alkyl halides is 3. The zero-order valence-electron chi connectivity index (χ0n) is 24.0. The van der Waals surface area contributed by atoms with E-state index in [1.54, 1.807) is 30.3 Å². The Bertz CT molecular complexity index is 1450. The molecule has 3 heterocycles. The Balaban J connectivity index is 1.78. The van der Waals surface area contributed by atoms with E-state index in [9.17, 15) is 32.7 Å². The number of fused-ring (bicyclic) bond motifs is 1. The van der Waals surface area contributed by atoms with Crippen LogP contribution in [0.15, 0.2) is 43.0 Å². The molecule has 13 nitrogen and oxygen atoms in total. The third kappa shape index (κ3) is 6.97. The SMILES string of the molecule is CCCCOC[C@@]1(C(=O)O)O[C@@H](n2cnc3c(NC(=O)c4ccccc4)ncnc32)[C@@H](NC(=O)C(F)(F)F)C1OCCCC. The summed E-state index contributed by atoms with van der Waals surface area (Å²) in [4.78, 5) is 50.3. The summed E-state index contributed by atoms with van der Waals surface area (Å²) in [6.45, 7) is 3.31. The Morgan fingerprint density at radius 2 is 1.77 bits per heavy atom. The first-order valence-corrected chi connectivity index (χ1v) is 14.1. The lowest BCUT2D eigenvalue weighted by atomic mass is 9.94. The van der Waals surface area contributed by atoms with E-state index < -0.39 is 54.5 Å². The number of nitrogens with zero attached hydrogens (tertiary/aromatic N) is 4. The van der Waals surface area contributed by atoms with Gasteiger partial charge in [0.25, 0.3) is 5.91 Å². The van der Waals surface area contributed by atoms with Crippen LogP contribution in [0.3, 0.4) is 0 Å². The van der Waals surface area contributed by atoms with Crippen molar-refractivity contribution in [3.8, 4) is 0 Å². The highest BCUT2D eigenvalue weighted by Gasteiger charge is 2.63. The quantitative estimate of drug-likeness (QED) is 0.227. The predicted molar refractivity (Wildman–Crippen MR) is 149 cm³/mol. The number of amides is 2. The van der Waals surface area contributed by atoms with Crippen molar-refractivity contribution in [2.75, 3.05) is 25.1 Å². The first-order valence-electron chi connectivity index (χ1n) is 14.1. The number of aliphatic carboxylic acids is 1. The topological polar surface area (TPSA) is 167 Å². The van der Waals surface area contributed by atoms with Crippen molar-refractivity contribution in [3.05, 3.63) is 48.5 Å². The van der Waals surface area contributed by atoms with Crippen LogP contribution in [0.25, 0.3) is 11.2 Å². The number of rotatable bonds is 14. The highest BCUT2D eigenvalue weighted by molar-refractivity contribution is 6.06. The number of carboxylic acid groups (broad SMARTS) is 1. The van der Waals surface area contributed by atoms with E-state index >= 15 is 0 Å². The summed E-state index contributed by atoms with van der Waals surface area (Å²) in [5, 5.41) is 14.9. The van der Waals surface area contributed by atoms with E-state index in [4.69, 9.17) is 14.2 Å². The van der Waals surface area contributed by atoms with Crippen molar-refractivity contribution in [3.63, 3.8) is 0 Å². The number of hydrogen-bond acceptors (Lipinski definition) is 9. The summed E-state index contributed by atoms with van der Waals surface area (Å²) in [6.07, 6.45) is -3.83. The molecule has 0 radical (unpaired) electrons. The van der Waals surface area contributed by atoms with Crippen LogP contribution in [0, 0.1) is 0 Å². The third-order valence-electron chi connectivity index (χ3n) is 7.00. The summed E-state index contributed by atoms with van der Waals surface area (Å²) in [5.41, 5.74) is -1.96. The van der Waals surface area contributed by atoms with Gasteiger partial charge in [-0.05, 0) is 25.0 Å². The van der Waals surface area contributed by atoms with Gasteiger partial charge in [-0.1, -0.05) is 44.9 Å². The molecule has 44 heavy (non-hydrogen) atoms. The van der Waals surface area contributed by atoms with E-state index in [0.29, 0.717) is 24.8 Å². The molecule has 16 heteroatoms. The largest absolute Gasteiger partial charge is 0.479 e. The molecule has 1 aliphatic heterocycles. The van der Waals surface area contributed by atoms with Crippen molar-refractivity contribution < 1.29 is 46.9 Å². The van der Waals surface area contributed by atoms with Crippen LogP contribution >= 0.6 is 0 Å². The van der Waals surface area contributed by atoms with Crippen molar-refractivity contribution in [1.29, 1.82) is 0 Å². The van der Waals surface area contributed by atoms with E-state index in [-0.39, 0.29) is 30.2 Å². The van der Waals surface area contributed by atoms with Gasteiger partial charge in [0, 0.05) is 18.8 Å². The summed E-state index contributed by atoms with van der Waals surface area (Å²) >= 11 is 0. The van der Waals surface area contributed by atoms with Crippen LogP contribution in [0.5, 0.6) is 0 Å². The van der Waals surface area contributed by atoms with Gasteiger partial charge in [-0.25, -0.2) is 19.7 Å². The van der Waals surface area contributed by atoms with E-state index in [1.165, 1.54) is 4.57 Å². The standard InChI is InChI=1S/C28H33F3N6O7/c1-3-5-12-42-14-27(26(40)41)20(43-13-6-4-2)18(35-25(39)28(29,30)31)24(44-27)37-16-34-19-21(32-15-33-22(19)37)36-23(38)17-10-8-7-9-11-17/h7-11,15-16,18,20,24H,3-6,12-14H2,1-2H3,(H,35,39)(H,40,41)(H,32,33,36,38)/t18-,20?,24+,27+/m0/s1. The molecule has 1 fully saturated rings. The number of hydrogen-bond donors (Lipinski definition) is 3. The van der Waals surface area contributed by atoms with E-state index in [1.807, 2.05) is 19.2 Å². The Kier molecular flexibility index (Phi) is 10.5. The molecule has 1 saturated heterocycles. The molecule has 1 aliphatic rings. The molecule has 4 rings (SSSR count). The van der Waals surface area contributed by atoms with Crippen molar-refractivity contribution in [1.82, 2.24) is 24.8 Å². The van der Waals surface area contributed by atoms with Gasteiger partial charge < -0.3 is 30.0 Å². The van der Waals surface area contributed by atoms with Gasteiger partial charge >= 0.3 is 18.1 Å². The molecule has 2 amide bonds. The molecule has 2 aromatic heterocycles. The first-order chi connectivity index (χ1) is 21.0. The number of halogens is 3. The van der Waals surface area contributed by atoms with Crippen molar-refractivity contribution in [2.45, 2.75) is 69.7 Å². The molecular weight excluding hydrogens is 589 g/mol. The first kappa shape index (κ1) is 32.8. The zero-order valence-corrected chi connectivity index (χ0v) is 24.0. The molecule has 0 bridgehead atoms. The minimum Gasteiger partial charge on any atom is -0.479 e. The fourth-order valence-corrected chi connectivity index (χ4v) is 4.72. The molecule has 3 aromatic rings. The molecule has 1 unspecified atom stereocenters. The molecule has 0 spiro atoms.